The molecule has 3 heteroatoms. The summed E-state index contributed by atoms with van der Waals surface area (Å²) in [6.07, 6.45) is 13.3. The standard InChI is InChI=1S/C24H40NO2/c1-23-9-8-17-16(7-6-15-12-20-21(27-20)14-24(15,17)2)18(23)13-19(22(23)26)25(3)10-4-5-11-25/h15-22,26H,4-14H2,1-3H3/q+1/t15-,16+,17-,18-,19-,20-,21+,22+,23-,24-/m0/s1. The summed E-state index contributed by atoms with van der Waals surface area (Å²) in [6, 6.07) is 0.495. The van der Waals surface area contributed by atoms with Gasteiger partial charge in [0.1, 0.15) is 12.1 Å². The number of likely N-dealkylation sites (N-methyl/N-ethyl adjacent to an activating group) is 1. The van der Waals surface area contributed by atoms with Crippen LogP contribution in [-0.2, 0) is 4.74 Å². The lowest BCUT2D eigenvalue weighted by atomic mass is 9.45. The Hall–Kier alpha value is -0.120. The second kappa shape index (κ2) is 5.52. The molecule has 4 saturated carbocycles. The predicted octanol–water partition coefficient (Wildman–Crippen LogP) is 3.99. The van der Waals surface area contributed by atoms with Gasteiger partial charge < -0.3 is 14.3 Å². The molecule has 27 heavy (non-hydrogen) atoms. The van der Waals surface area contributed by atoms with Crippen molar-refractivity contribution in [2.75, 3.05) is 20.1 Å². The lowest BCUT2D eigenvalue weighted by molar-refractivity contribution is -0.925. The van der Waals surface area contributed by atoms with Crippen LogP contribution in [0, 0.1) is 34.5 Å². The largest absolute Gasteiger partial charge is 0.386 e. The quantitative estimate of drug-likeness (QED) is 0.556. The number of epoxide rings is 1. The predicted molar refractivity (Wildman–Crippen MR) is 106 cm³/mol. The van der Waals surface area contributed by atoms with Gasteiger partial charge >= 0.3 is 0 Å². The maximum absolute atomic E-state index is 11.6. The maximum Gasteiger partial charge on any atom is 0.116 e. The lowest BCUT2D eigenvalue weighted by Crippen LogP contribution is -2.56. The van der Waals surface area contributed by atoms with Crippen molar-refractivity contribution >= 4 is 0 Å². The molecule has 0 aromatic carbocycles. The number of likely N-dealkylation sites (tertiary alicyclic amines) is 1. The molecule has 0 aromatic rings. The number of aliphatic hydroxyl groups is 1. The van der Waals surface area contributed by atoms with E-state index in [0.29, 0.717) is 23.7 Å². The number of aliphatic hydroxyl groups excluding tert-OH is 1. The van der Waals surface area contributed by atoms with Crippen molar-refractivity contribution in [3.8, 4) is 0 Å². The molecule has 152 valence electrons. The highest BCUT2D eigenvalue weighted by molar-refractivity contribution is 5.14. The van der Waals surface area contributed by atoms with Crippen LogP contribution in [0.2, 0.25) is 0 Å². The number of ether oxygens (including phenoxy) is 1. The molecule has 0 bridgehead atoms. The zero-order valence-corrected chi connectivity index (χ0v) is 17.7. The Balaban J connectivity index is 1.31. The first-order chi connectivity index (χ1) is 12.9. The summed E-state index contributed by atoms with van der Waals surface area (Å²) in [7, 11) is 2.45. The van der Waals surface area contributed by atoms with Gasteiger partial charge in [0, 0.05) is 24.7 Å². The van der Waals surface area contributed by atoms with E-state index in [1.165, 1.54) is 70.9 Å². The summed E-state index contributed by atoms with van der Waals surface area (Å²) in [5.74, 6) is 3.39. The lowest BCUT2D eigenvalue weighted by Gasteiger charge is -2.59. The third-order valence-corrected chi connectivity index (χ3v) is 11.3. The zero-order valence-electron chi connectivity index (χ0n) is 17.7. The Labute approximate surface area is 165 Å². The minimum absolute atomic E-state index is 0.0837. The molecule has 0 amide bonds. The highest BCUT2D eigenvalue weighted by Gasteiger charge is 2.67. The van der Waals surface area contributed by atoms with Gasteiger partial charge in [-0.15, -0.1) is 0 Å². The van der Waals surface area contributed by atoms with Gasteiger partial charge in [-0.1, -0.05) is 13.8 Å². The normalized spacial score (nSPS) is 60.9. The third kappa shape index (κ3) is 2.26. The fraction of sp³-hybridized carbons (Fsp3) is 1.00. The van der Waals surface area contributed by atoms with Gasteiger partial charge in [0.05, 0.1) is 32.3 Å². The number of hydrogen-bond donors (Lipinski definition) is 1. The molecule has 3 nitrogen and oxygen atoms in total. The van der Waals surface area contributed by atoms with Gasteiger partial charge in [-0.2, -0.15) is 0 Å². The van der Waals surface area contributed by atoms with E-state index in [1.54, 1.807) is 0 Å². The van der Waals surface area contributed by atoms with Gasteiger partial charge in [-0.25, -0.2) is 0 Å². The molecule has 4 aliphatic carbocycles. The Kier molecular flexibility index (Phi) is 3.62. The van der Waals surface area contributed by atoms with Gasteiger partial charge in [-0.3, -0.25) is 0 Å². The van der Waals surface area contributed by atoms with Gasteiger partial charge in [0.2, 0.25) is 0 Å². The van der Waals surface area contributed by atoms with Crippen LogP contribution in [0.5, 0.6) is 0 Å². The third-order valence-electron chi connectivity index (χ3n) is 11.3. The fourth-order valence-electron chi connectivity index (χ4n) is 9.49. The first kappa shape index (κ1) is 17.7. The molecule has 0 spiro atoms. The smallest absolute Gasteiger partial charge is 0.116 e. The van der Waals surface area contributed by atoms with Gasteiger partial charge in [-0.05, 0) is 67.6 Å². The van der Waals surface area contributed by atoms with Crippen molar-refractivity contribution in [3.63, 3.8) is 0 Å². The molecule has 2 heterocycles. The number of fused-ring (bicyclic) bond motifs is 6. The summed E-state index contributed by atoms with van der Waals surface area (Å²) in [4.78, 5) is 0. The summed E-state index contributed by atoms with van der Waals surface area (Å²) < 4.78 is 7.15. The average Bonchev–Trinajstić information content (AvgIpc) is 3.12. The number of rotatable bonds is 1. The van der Waals surface area contributed by atoms with Crippen LogP contribution in [0.3, 0.4) is 0 Å². The van der Waals surface area contributed by atoms with Crippen molar-refractivity contribution in [3.05, 3.63) is 0 Å². The van der Waals surface area contributed by atoms with Crippen molar-refractivity contribution < 1.29 is 14.3 Å². The molecule has 1 N–H and O–H groups in total. The summed E-state index contributed by atoms with van der Waals surface area (Å²) in [5, 5.41) is 11.6. The van der Waals surface area contributed by atoms with E-state index >= 15 is 0 Å². The van der Waals surface area contributed by atoms with Crippen molar-refractivity contribution in [1.29, 1.82) is 0 Å². The topological polar surface area (TPSA) is 32.8 Å². The fourth-order valence-corrected chi connectivity index (χ4v) is 9.49. The molecule has 0 radical (unpaired) electrons. The highest BCUT2D eigenvalue weighted by Crippen LogP contribution is 2.68. The van der Waals surface area contributed by atoms with Crippen LogP contribution < -0.4 is 0 Å². The minimum Gasteiger partial charge on any atom is -0.386 e. The Morgan fingerprint density at radius 3 is 2.48 bits per heavy atom. The van der Waals surface area contributed by atoms with Crippen LogP contribution in [0.1, 0.15) is 71.6 Å². The molecular formula is C24H40NO2+. The Morgan fingerprint density at radius 1 is 0.926 bits per heavy atom. The van der Waals surface area contributed by atoms with Crippen LogP contribution in [0.4, 0.5) is 0 Å². The van der Waals surface area contributed by atoms with Gasteiger partial charge in [0.15, 0.2) is 0 Å². The molecule has 0 aromatic heterocycles. The van der Waals surface area contributed by atoms with Crippen LogP contribution in [0.15, 0.2) is 0 Å². The van der Waals surface area contributed by atoms with E-state index in [2.05, 4.69) is 20.9 Å². The average molecular weight is 375 g/mol. The zero-order chi connectivity index (χ0) is 18.6. The second-order valence-corrected chi connectivity index (χ2v) is 12.2. The number of nitrogens with zero attached hydrogens (tertiary/aromatic N) is 1. The first-order valence-corrected chi connectivity index (χ1v) is 12.0. The van der Waals surface area contributed by atoms with E-state index in [4.69, 9.17) is 4.74 Å². The second-order valence-electron chi connectivity index (χ2n) is 12.2. The van der Waals surface area contributed by atoms with Crippen molar-refractivity contribution in [2.45, 2.75) is 96.0 Å². The van der Waals surface area contributed by atoms with E-state index in [9.17, 15) is 5.11 Å². The van der Waals surface area contributed by atoms with E-state index < -0.39 is 0 Å². The number of quaternary nitrogens is 1. The monoisotopic (exact) mass is 374 g/mol. The Bertz CT molecular complexity index is 630. The molecule has 6 rings (SSSR count). The summed E-state index contributed by atoms with van der Waals surface area (Å²) >= 11 is 0. The minimum atomic E-state index is -0.0837. The van der Waals surface area contributed by atoms with Crippen molar-refractivity contribution in [1.82, 2.24) is 0 Å². The summed E-state index contributed by atoms with van der Waals surface area (Å²) in [6.45, 7) is 7.68. The van der Waals surface area contributed by atoms with Crippen LogP contribution in [0.25, 0.3) is 0 Å². The maximum atomic E-state index is 11.6. The number of hydrogen-bond acceptors (Lipinski definition) is 2. The van der Waals surface area contributed by atoms with Crippen molar-refractivity contribution in [2.24, 2.45) is 34.5 Å². The molecule has 2 saturated heterocycles. The van der Waals surface area contributed by atoms with E-state index in [0.717, 1.165) is 28.2 Å². The molecule has 0 unspecified atom stereocenters. The van der Waals surface area contributed by atoms with Crippen LogP contribution >= 0.6 is 0 Å². The molecule has 2 aliphatic heterocycles. The molecule has 10 atom stereocenters. The summed E-state index contributed by atoms with van der Waals surface area (Å²) in [5.41, 5.74) is 0.684. The van der Waals surface area contributed by atoms with Gasteiger partial charge in [0.25, 0.3) is 0 Å². The molecule has 6 aliphatic rings. The molecular weight excluding hydrogens is 334 g/mol. The van der Waals surface area contributed by atoms with E-state index in [1.807, 2.05) is 0 Å². The molecule has 6 fully saturated rings. The highest BCUT2D eigenvalue weighted by atomic mass is 16.6. The van der Waals surface area contributed by atoms with Crippen LogP contribution in [-0.4, -0.2) is 54.1 Å². The Morgan fingerprint density at radius 2 is 1.70 bits per heavy atom. The SMILES string of the molecule is C[C@]12C[C@H]3O[C@H]3C[C@@H]1CC[C@@H]1[C@@H]2CC[C@]2(C)[C@H](O)[C@@H]([N+]3(C)CCCC3)C[C@@H]12. The van der Waals surface area contributed by atoms with E-state index in [-0.39, 0.29) is 11.5 Å². The first-order valence-electron chi connectivity index (χ1n) is 12.0.